The van der Waals surface area contributed by atoms with Crippen LogP contribution in [0.5, 0.6) is 5.88 Å². The summed E-state index contributed by atoms with van der Waals surface area (Å²) >= 11 is 1.09. The van der Waals surface area contributed by atoms with Gasteiger partial charge >= 0.3 is 0 Å². The van der Waals surface area contributed by atoms with Gasteiger partial charge in [0.15, 0.2) is 0 Å². The Kier molecular flexibility index (Phi) is 5.91. The molecule has 1 aromatic heterocycles. The minimum Gasteiger partial charge on any atom is -0.473 e. The van der Waals surface area contributed by atoms with Crippen LogP contribution in [0.25, 0.3) is 0 Å². The second-order valence-corrected chi connectivity index (χ2v) is 5.05. The highest BCUT2D eigenvalue weighted by molar-refractivity contribution is 6.99. The first kappa shape index (κ1) is 14.9. The summed E-state index contributed by atoms with van der Waals surface area (Å²) < 4.78 is 13.1. The van der Waals surface area contributed by atoms with Crippen molar-refractivity contribution in [3.05, 3.63) is 42.1 Å². The topological polar surface area (TPSA) is 67.3 Å². The zero-order valence-corrected chi connectivity index (χ0v) is 12.2. The van der Waals surface area contributed by atoms with Crippen molar-refractivity contribution in [1.29, 1.82) is 0 Å². The summed E-state index contributed by atoms with van der Waals surface area (Å²) in [5.74, 6) is 0.462. The van der Waals surface area contributed by atoms with E-state index in [-0.39, 0.29) is 12.6 Å². The number of aliphatic hydroxyl groups excluding tert-OH is 1. The average Bonchev–Trinajstić information content (AvgIpc) is 3.00. The van der Waals surface area contributed by atoms with Crippen molar-refractivity contribution in [3.8, 4) is 5.88 Å². The van der Waals surface area contributed by atoms with Crippen molar-refractivity contribution in [1.82, 2.24) is 14.1 Å². The normalized spacial score (nSPS) is 13.9. The highest BCUT2D eigenvalue weighted by Crippen LogP contribution is 2.15. The molecule has 0 amide bonds. The molecule has 2 atom stereocenters. The fourth-order valence-corrected chi connectivity index (χ4v) is 2.29. The molecule has 108 valence electrons. The number of aromatic nitrogens is 2. The Labute approximate surface area is 122 Å². The molecule has 0 saturated carbocycles. The van der Waals surface area contributed by atoms with E-state index in [1.54, 1.807) is 6.20 Å². The summed E-state index contributed by atoms with van der Waals surface area (Å²) in [6, 6.07) is 10.5. The molecular weight excluding hydrogens is 274 g/mol. The van der Waals surface area contributed by atoms with E-state index in [1.807, 2.05) is 18.2 Å². The van der Waals surface area contributed by atoms with Crippen molar-refractivity contribution >= 4 is 11.7 Å². The van der Waals surface area contributed by atoms with E-state index in [4.69, 9.17) is 4.74 Å². The van der Waals surface area contributed by atoms with Gasteiger partial charge in [-0.05, 0) is 12.0 Å². The number of rotatable bonds is 8. The van der Waals surface area contributed by atoms with Crippen LogP contribution in [0, 0.1) is 0 Å². The molecule has 0 radical (unpaired) electrons. The number of hydrogen-bond donors (Lipinski definition) is 2. The zero-order chi connectivity index (χ0) is 14.2. The molecule has 0 aliphatic rings. The Hall–Kier alpha value is -1.50. The SMILES string of the molecule is CCC(NCC(O)COc1cnsn1)c1ccccc1. The smallest absolute Gasteiger partial charge is 0.245 e. The quantitative estimate of drug-likeness (QED) is 0.779. The molecule has 2 rings (SSSR count). The molecule has 0 bridgehead atoms. The lowest BCUT2D eigenvalue weighted by molar-refractivity contribution is 0.101. The number of benzene rings is 1. The number of ether oxygens (including phenoxy) is 1. The molecule has 2 unspecified atom stereocenters. The summed E-state index contributed by atoms with van der Waals surface area (Å²) in [4.78, 5) is 0. The third-order valence-corrected chi connectivity index (χ3v) is 3.44. The number of hydrogen-bond acceptors (Lipinski definition) is 6. The molecule has 0 aliphatic carbocycles. The van der Waals surface area contributed by atoms with Gasteiger partial charge in [-0.3, -0.25) is 0 Å². The Morgan fingerprint density at radius 3 is 2.80 bits per heavy atom. The van der Waals surface area contributed by atoms with Gasteiger partial charge < -0.3 is 15.2 Å². The molecule has 0 fully saturated rings. The van der Waals surface area contributed by atoms with Gasteiger partial charge in [0.1, 0.15) is 18.9 Å². The highest BCUT2D eigenvalue weighted by Gasteiger charge is 2.12. The molecule has 1 heterocycles. The van der Waals surface area contributed by atoms with Crippen molar-refractivity contribution in [2.45, 2.75) is 25.5 Å². The fourth-order valence-electron chi connectivity index (χ4n) is 1.92. The molecule has 0 saturated heterocycles. The van der Waals surface area contributed by atoms with E-state index in [2.05, 4.69) is 33.1 Å². The molecule has 2 N–H and O–H groups in total. The molecule has 1 aromatic carbocycles. The van der Waals surface area contributed by atoms with Crippen LogP contribution in [0.15, 0.2) is 36.5 Å². The van der Waals surface area contributed by atoms with Crippen LogP contribution >= 0.6 is 11.7 Å². The van der Waals surface area contributed by atoms with Gasteiger partial charge in [-0.1, -0.05) is 37.3 Å². The van der Waals surface area contributed by atoms with E-state index in [0.29, 0.717) is 12.4 Å². The Bertz CT molecular complexity index is 478. The summed E-state index contributed by atoms with van der Waals surface area (Å²) in [5.41, 5.74) is 1.23. The lowest BCUT2D eigenvalue weighted by Gasteiger charge is -2.19. The first-order valence-corrected chi connectivity index (χ1v) is 7.39. The molecule has 5 nitrogen and oxygen atoms in total. The maximum absolute atomic E-state index is 9.91. The van der Waals surface area contributed by atoms with Crippen molar-refractivity contribution in [2.75, 3.05) is 13.2 Å². The molecule has 6 heteroatoms. The summed E-state index contributed by atoms with van der Waals surface area (Å²) in [6.07, 6.45) is 1.94. The predicted molar refractivity (Wildman–Crippen MR) is 78.9 cm³/mol. The molecule has 2 aromatic rings. The summed E-state index contributed by atoms with van der Waals surface area (Å²) in [6.45, 7) is 2.81. The van der Waals surface area contributed by atoms with Crippen molar-refractivity contribution in [3.63, 3.8) is 0 Å². The average molecular weight is 293 g/mol. The van der Waals surface area contributed by atoms with Crippen LogP contribution in [0.4, 0.5) is 0 Å². The first-order chi connectivity index (χ1) is 9.79. The van der Waals surface area contributed by atoms with E-state index >= 15 is 0 Å². The second kappa shape index (κ2) is 7.94. The minimum absolute atomic E-state index is 0.212. The van der Waals surface area contributed by atoms with Gasteiger partial charge in [-0.2, -0.15) is 4.37 Å². The lowest BCUT2D eigenvalue weighted by Crippen LogP contribution is -2.33. The zero-order valence-electron chi connectivity index (χ0n) is 11.4. The van der Waals surface area contributed by atoms with Crippen molar-refractivity contribution in [2.24, 2.45) is 0 Å². The van der Waals surface area contributed by atoms with Gasteiger partial charge in [0.25, 0.3) is 0 Å². The molecule has 0 aliphatic heterocycles. The number of nitrogens with one attached hydrogen (secondary N) is 1. The molecule has 0 spiro atoms. The Morgan fingerprint density at radius 2 is 2.15 bits per heavy atom. The first-order valence-electron chi connectivity index (χ1n) is 6.66. The maximum atomic E-state index is 9.91. The van der Waals surface area contributed by atoms with E-state index < -0.39 is 6.10 Å². The molecular formula is C14H19N3O2S. The largest absolute Gasteiger partial charge is 0.473 e. The van der Waals surface area contributed by atoms with Gasteiger partial charge in [0.2, 0.25) is 5.88 Å². The molecule has 20 heavy (non-hydrogen) atoms. The monoisotopic (exact) mass is 293 g/mol. The second-order valence-electron chi connectivity index (χ2n) is 4.49. The van der Waals surface area contributed by atoms with Gasteiger partial charge in [-0.25, -0.2) is 0 Å². The van der Waals surface area contributed by atoms with Crippen LogP contribution in [0.1, 0.15) is 24.9 Å². The third-order valence-electron chi connectivity index (χ3n) is 2.97. The van der Waals surface area contributed by atoms with E-state index in [1.165, 1.54) is 5.56 Å². The minimum atomic E-state index is -0.575. The van der Waals surface area contributed by atoms with Crippen LogP contribution < -0.4 is 10.1 Å². The van der Waals surface area contributed by atoms with E-state index in [0.717, 1.165) is 18.1 Å². The van der Waals surface area contributed by atoms with Crippen LogP contribution in [0.3, 0.4) is 0 Å². The van der Waals surface area contributed by atoms with Crippen molar-refractivity contribution < 1.29 is 9.84 Å². The Balaban J connectivity index is 1.75. The number of nitrogens with zero attached hydrogens (tertiary/aromatic N) is 2. The van der Waals surface area contributed by atoms with Gasteiger partial charge in [-0.15, -0.1) is 4.37 Å². The predicted octanol–water partition coefficient (Wildman–Crippen LogP) is 2.02. The van der Waals surface area contributed by atoms with Gasteiger partial charge in [0.05, 0.1) is 11.7 Å². The van der Waals surface area contributed by atoms with Gasteiger partial charge in [0, 0.05) is 12.6 Å². The van der Waals surface area contributed by atoms with Crippen LogP contribution in [-0.2, 0) is 0 Å². The number of aliphatic hydroxyl groups is 1. The fraction of sp³-hybridized carbons (Fsp3) is 0.429. The lowest BCUT2D eigenvalue weighted by atomic mass is 10.0. The van der Waals surface area contributed by atoms with E-state index in [9.17, 15) is 5.11 Å². The maximum Gasteiger partial charge on any atom is 0.245 e. The Morgan fingerprint density at radius 1 is 1.35 bits per heavy atom. The van der Waals surface area contributed by atoms with Crippen LogP contribution in [0.2, 0.25) is 0 Å². The highest BCUT2D eigenvalue weighted by atomic mass is 32.1. The summed E-state index contributed by atoms with van der Waals surface area (Å²) in [5, 5.41) is 13.3. The third kappa shape index (κ3) is 4.56. The summed E-state index contributed by atoms with van der Waals surface area (Å²) in [7, 11) is 0. The van der Waals surface area contributed by atoms with Crippen LogP contribution in [-0.4, -0.2) is 33.1 Å². The standard InChI is InChI=1S/C14H19N3O2S/c1-2-13(11-6-4-3-5-7-11)15-8-12(18)10-19-14-9-16-20-17-14/h3-7,9,12-13,15,18H,2,8,10H2,1H3.